The highest BCUT2D eigenvalue weighted by Crippen LogP contribution is 2.23. The first-order valence-electron chi connectivity index (χ1n) is 9.17. The third-order valence-corrected chi connectivity index (χ3v) is 4.02. The number of unbranched alkanes of at least 4 members (excludes halogenated alkanes) is 4. The van der Waals surface area contributed by atoms with Crippen LogP contribution in [0.5, 0.6) is 11.5 Å². The summed E-state index contributed by atoms with van der Waals surface area (Å²) in [5.41, 5.74) is 0.896. The van der Waals surface area contributed by atoms with Crippen molar-refractivity contribution >= 4 is 11.8 Å². The molecule has 0 aromatic heterocycles. The van der Waals surface area contributed by atoms with Gasteiger partial charge < -0.3 is 9.47 Å². The van der Waals surface area contributed by atoms with Crippen molar-refractivity contribution in [3.05, 3.63) is 59.7 Å². The molecule has 0 radical (unpaired) electrons. The number of esters is 1. The van der Waals surface area contributed by atoms with Crippen molar-refractivity contribution in [3.63, 3.8) is 0 Å². The van der Waals surface area contributed by atoms with E-state index in [1.165, 1.54) is 32.6 Å². The summed E-state index contributed by atoms with van der Waals surface area (Å²) in [7, 11) is 0. The first-order valence-corrected chi connectivity index (χ1v) is 9.17. The largest absolute Gasteiger partial charge is 0.494 e. The Hall–Kier alpha value is -2.62. The number of para-hydroxylation sites is 1. The SMILES string of the molecule is CCCCCCCOc1ccc(C(=O)c2ccccc2OC(C)=O)cc1. The van der Waals surface area contributed by atoms with Gasteiger partial charge in [0.15, 0.2) is 5.78 Å². The Morgan fingerprint density at radius 1 is 0.885 bits per heavy atom. The van der Waals surface area contributed by atoms with Crippen LogP contribution in [0.2, 0.25) is 0 Å². The fourth-order valence-corrected chi connectivity index (χ4v) is 2.65. The van der Waals surface area contributed by atoms with Crippen LogP contribution < -0.4 is 9.47 Å². The lowest BCUT2D eigenvalue weighted by Crippen LogP contribution is -2.08. The standard InChI is InChI=1S/C22H26O4/c1-3-4-5-6-9-16-25-19-14-12-18(13-15-19)22(24)20-10-7-8-11-21(20)26-17(2)23/h7-8,10-15H,3-6,9,16H2,1-2H3. The van der Waals surface area contributed by atoms with E-state index in [1.54, 1.807) is 48.5 Å². The molecule has 0 saturated carbocycles. The Morgan fingerprint density at radius 3 is 2.27 bits per heavy atom. The summed E-state index contributed by atoms with van der Waals surface area (Å²) in [5.74, 6) is 0.392. The maximum absolute atomic E-state index is 12.7. The van der Waals surface area contributed by atoms with Gasteiger partial charge in [-0.3, -0.25) is 9.59 Å². The first kappa shape index (κ1) is 19.7. The average Bonchev–Trinajstić information content (AvgIpc) is 2.64. The van der Waals surface area contributed by atoms with Gasteiger partial charge in [0, 0.05) is 12.5 Å². The van der Waals surface area contributed by atoms with Gasteiger partial charge in [-0.2, -0.15) is 0 Å². The number of hydrogen-bond acceptors (Lipinski definition) is 4. The molecule has 0 aliphatic heterocycles. The van der Waals surface area contributed by atoms with Crippen molar-refractivity contribution < 1.29 is 19.1 Å². The molecule has 0 aliphatic rings. The predicted octanol–water partition coefficient (Wildman–Crippen LogP) is 5.19. The van der Waals surface area contributed by atoms with E-state index in [-0.39, 0.29) is 11.5 Å². The van der Waals surface area contributed by atoms with E-state index in [1.807, 2.05) is 0 Å². The molecule has 0 atom stereocenters. The highest BCUT2D eigenvalue weighted by atomic mass is 16.5. The summed E-state index contributed by atoms with van der Waals surface area (Å²) < 4.78 is 10.8. The Kier molecular flexibility index (Phi) is 7.87. The molecule has 0 aliphatic carbocycles. The molecule has 0 heterocycles. The molecule has 4 nitrogen and oxygen atoms in total. The Labute approximate surface area is 155 Å². The molecular formula is C22H26O4. The van der Waals surface area contributed by atoms with E-state index in [0.29, 0.717) is 17.7 Å². The number of hydrogen-bond donors (Lipinski definition) is 0. The van der Waals surface area contributed by atoms with Crippen LogP contribution in [0.4, 0.5) is 0 Å². The molecular weight excluding hydrogens is 328 g/mol. The Morgan fingerprint density at radius 2 is 1.58 bits per heavy atom. The van der Waals surface area contributed by atoms with Crippen molar-refractivity contribution in [1.82, 2.24) is 0 Å². The number of carbonyl (C=O) groups excluding carboxylic acids is 2. The van der Waals surface area contributed by atoms with Crippen molar-refractivity contribution in [3.8, 4) is 11.5 Å². The van der Waals surface area contributed by atoms with Gasteiger partial charge in [0.25, 0.3) is 0 Å². The maximum Gasteiger partial charge on any atom is 0.308 e. The Bertz CT molecular complexity index is 719. The molecule has 0 fully saturated rings. The van der Waals surface area contributed by atoms with Gasteiger partial charge in [-0.05, 0) is 42.8 Å². The lowest BCUT2D eigenvalue weighted by atomic mass is 10.0. The average molecular weight is 354 g/mol. The van der Waals surface area contributed by atoms with Gasteiger partial charge in [-0.1, -0.05) is 44.7 Å². The van der Waals surface area contributed by atoms with Crippen molar-refractivity contribution in [2.75, 3.05) is 6.61 Å². The van der Waals surface area contributed by atoms with Gasteiger partial charge in [-0.25, -0.2) is 0 Å². The smallest absolute Gasteiger partial charge is 0.308 e. The van der Waals surface area contributed by atoms with E-state index >= 15 is 0 Å². The highest BCUT2D eigenvalue weighted by molar-refractivity contribution is 6.11. The van der Waals surface area contributed by atoms with Gasteiger partial charge in [0.05, 0.1) is 12.2 Å². The Balaban J connectivity index is 1.96. The first-order chi connectivity index (χ1) is 12.6. The fourth-order valence-electron chi connectivity index (χ4n) is 2.65. The normalized spacial score (nSPS) is 10.4. The zero-order valence-corrected chi connectivity index (χ0v) is 15.5. The molecule has 26 heavy (non-hydrogen) atoms. The van der Waals surface area contributed by atoms with Crippen LogP contribution in [0.15, 0.2) is 48.5 Å². The summed E-state index contributed by atoms with van der Waals surface area (Å²) >= 11 is 0. The minimum atomic E-state index is -0.451. The van der Waals surface area contributed by atoms with E-state index in [2.05, 4.69) is 6.92 Å². The second-order valence-corrected chi connectivity index (χ2v) is 6.21. The minimum Gasteiger partial charge on any atom is -0.494 e. The fraction of sp³-hybridized carbons (Fsp3) is 0.364. The summed E-state index contributed by atoms with van der Waals surface area (Å²) in [6.45, 7) is 4.20. The van der Waals surface area contributed by atoms with Gasteiger partial charge >= 0.3 is 5.97 Å². The van der Waals surface area contributed by atoms with Crippen LogP contribution in [-0.2, 0) is 4.79 Å². The van der Waals surface area contributed by atoms with E-state index in [4.69, 9.17) is 9.47 Å². The zero-order chi connectivity index (χ0) is 18.8. The maximum atomic E-state index is 12.7. The quantitative estimate of drug-likeness (QED) is 0.255. The molecule has 4 heteroatoms. The zero-order valence-electron chi connectivity index (χ0n) is 15.5. The molecule has 0 spiro atoms. The number of ketones is 1. The molecule has 0 N–H and O–H groups in total. The summed E-state index contributed by atoms with van der Waals surface area (Å²) in [5, 5.41) is 0. The van der Waals surface area contributed by atoms with Crippen LogP contribution in [0.1, 0.15) is 61.9 Å². The van der Waals surface area contributed by atoms with E-state index in [0.717, 1.165) is 12.2 Å². The molecule has 2 rings (SSSR count). The van der Waals surface area contributed by atoms with Crippen molar-refractivity contribution in [2.24, 2.45) is 0 Å². The predicted molar refractivity (Wildman–Crippen MR) is 102 cm³/mol. The lowest BCUT2D eigenvalue weighted by Gasteiger charge is -2.09. The summed E-state index contributed by atoms with van der Waals surface area (Å²) in [4.78, 5) is 23.9. The topological polar surface area (TPSA) is 52.6 Å². The van der Waals surface area contributed by atoms with E-state index < -0.39 is 5.97 Å². The monoisotopic (exact) mass is 354 g/mol. The molecule has 2 aromatic rings. The number of ether oxygens (including phenoxy) is 2. The van der Waals surface area contributed by atoms with Crippen LogP contribution >= 0.6 is 0 Å². The van der Waals surface area contributed by atoms with E-state index in [9.17, 15) is 9.59 Å². The van der Waals surface area contributed by atoms with Gasteiger partial charge in [-0.15, -0.1) is 0 Å². The highest BCUT2D eigenvalue weighted by Gasteiger charge is 2.15. The minimum absolute atomic E-state index is 0.187. The molecule has 0 amide bonds. The summed E-state index contributed by atoms with van der Waals surface area (Å²) in [6, 6.07) is 13.8. The van der Waals surface area contributed by atoms with Crippen LogP contribution in [0, 0.1) is 0 Å². The molecule has 0 unspecified atom stereocenters. The molecule has 0 bridgehead atoms. The number of benzene rings is 2. The van der Waals surface area contributed by atoms with Gasteiger partial charge in [0.1, 0.15) is 11.5 Å². The molecule has 0 saturated heterocycles. The third kappa shape index (κ3) is 6.03. The molecule has 2 aromatic carbocycles. The second-order valence-electron chi connectivity index (χ2n) is 6.21. The second kappa shape index (κ2) is 10.4. The molecule has 138 valence electrons. The summed E-state index contributed by atoms with van der Waals surface area (Å²) in [6.07, 6.45) is 5.96. The van der Waals surface area contributed by atoms with Crippen LogP contribution in [0.3, 0.4) is 0 Å². The van der Waals surface area contributed by atoms with Crippen LogP contribution in [0.25, 0.3) is 0 Å². The number of carbonyl (C=O) groups is 2. The van der Waals surface area contributed by atoms with Crippen molar-refractivity contribution in [1.29, 1.82) is 0 Å². The lowest BCUT2D eigenvalue weighted by molar-refractivity contribution is -0.131. The number of rotatable bonds is 10. The van der Waals surface area contributed by atoms with Crippen LogP contribution in [-0.4, -0.2) is 18.4 Å². The van der Waals surface area contributed by atoms with Gasteiger partial charge in [0.2, 0.25) is 0 Å². The third-order valence-electron chi connectivity index (χ3n) is 4.02. The van der Waals surface area contributed by atoms with Crippen molar-refractivity contribution in [2.45, 2.75) is 46.0 Å².